The maximum atomic E-state index is 12.2. The van der Waals surface area contributed by atoms with Gasteiger partial charge in [-0.25, -0.2) is 13.1 Å². The second kappa shape index (κ2) is 3.94. The van der Waals surface area contributed by atoms with Crippen molar-refractivity contribution < 1.29 is 18.3 Å². The minimum Gasteiger partial charge on any atom is -0.493 e. The lowest BCUT2D eigenvalue weighted by Gasteiger charge is -2.15. The third-order valence-corrected chi connectivity index (χ3v) is 5.05. The summed E-state index contributed by atoms with van der Waals surface area (Å²) in [6.45, 7) is 0.452. The van der Waals surface area contributed by atoms with Crippen LogP contribution in [0.25, 0.3) is 0 Å². The van der Waals surface area contributed by atoms with Crippen LogP contribution in [-0.2, 0) is 16.4 Å². The second-order valence-electron chi connectivity index (χ2n) is 4.91. The van der Waals surface area contributed by atoms with E-state index in [1.54, 1.807) is 18.2 Å². The van der Waals surface area contributed by atoms with Crippen molar-refractivity contribution in [2.75, 3.05) is 13.2 Å². The lowest BCUT2D eigenvalue weighted by atomic mass is 10.2. The number of sulfonamides is 1. The number of rotatable bonds is 4. The Kier molecular flexibility index (Phi) is 2.62. The zero-order valence-corrected chi connectivity index (χ0v) is 10.7. The summed E-state index contributed by atoms with van der Waals surface area (Å²) in [6, 6.07) is 4.88. The Hall–Kier alpha value is -1.11. The number of nitrogens with one attached hydrogen (secondary N) is 1. The van der Waals surface area contributed by atoms with Crippen molar-refractivity contribution in [1.29, 1.82) is 0 Å². The minimum absolute atomic E-state index is 0.152. The molecule has 0 spiro atoms. The highest BCUT2D eigenvalue weighted by Crippen LogP contribution is 2.36. The smallest absolute Gasteiger partial charge is 0.241 e. The van der Waals surface area contributed by atoms with E-state index >= 15 is 0 Å². The molecule has 3 rings (SSSR count). The van der Waals surface area contributed by atoms with Gasteiger partial charge in [0.1, 0.15) is 5.75 Å². The highest BCUT2D eigenvalue weighted by molar-refractivity contribution is 7.89. The van der Waals surface area contributed by atoms with Crippen LogP contribution >= 0.6 is 0 Å². The lowest BCUT2D eigenvalue weighted by molar-refractivity contribution is 0.246. The van der Waals surface area contributed by atoms with Crippen molar-refractivity contribution in [2.45, 2.75) is 29.7 Å². The molecule has 5 nitrogen and oxygen atoms in total. The molecular weight excluding hydrogens is 254 g/mol. The summed E-state index contributed by atoms with van der Waals surface area (Å²) < 4.78 is 32.3. The maximum Gasteiger partial charge on any atom is 0.241 e. The fourth-order valence-electron chi connectivity index (χ4n) is 2.12. The maximum absolute atomic E-state index is 12.2. The predicted octanol–water partition coefficient (Wildman–Crippen LogP) is 0.425. The molecule has 0 radical (unpaired) electrons. The molecule has 1 aromatic rings. The van der Waals surface area contributed by atoms with Gasteiger partial charge in [-0.15, -0.1) is 0 Å². The summed E-state index contributed by atoms with van der Waals surface area (Å²) in [6.07, 6.45) is 2.12. The minimum atomic E-state index is -3.55. The Morgan fingerprint density at radius 2 is 2.17 bits per heavy atom. The average Bonchev–Trinajstić information content (AvgIpc) is 2.95. The fourth-order valence-corrected chi connectivity index (χ4v) is 3.62. The first-order valence-electron chi connectivity index (χ1n) is 5.95. The Labute approximate surface area is 106 Å². The van der Waals surface area contributed by atoms with Crippen LogP contribution in [-0.4, -0.2) is 32.3 Å². The van der Waals surface area contributed by atoms with Gasteiger partial charge in [0.15, 0.2) is 0 Å². The molecule has 6 heteroatoms. The molecule has 0 aromatic heterocycles. The van der Waals surface area contributed by atoms with E-state index in [9.17, 15) is 13.5 Å². The number of benzene rings is 1. The molecule has 0 amide bonds. The number of hydrogen-bond donors (Lipinski definition) is 2. The van der Waals surface area contributed by atoms with E-state index in [1.807, 2.05) is 0 Å². The van der Waals surface area contributed by atoms with Gasteiger partial charge in [0, 0.05) is 6.42 Å². The van der Waals surface area contributed by atoms with Gasteiger partial charge in [-0.2, -0.15) is 0 Å². The number of ether oxygens (including phenoxy) is 1. The molecule has 18 heavy (non-hydrogen) atoms. The van der Waals surface area contributed by atoms with Crippen molar-refractivity contribution in [3.8, 4) is 5.75 Å². The standard InChI is InChI=1S/C12H15NO4S/c14-8-12(4-5-12)13-18(15,16)10-1-2-11-9(7-10)3-6-17-11/h1-2,7,13-14H,3-6,8H2. The fraction of sp³-hybridized carbons (Fsp3) is 0.500. The summed E-state index contributed by atoms with van der Waals surface area (Å²) in [7, 11) is -3.55. The highest BCUT2D eigenvalue weighted by atomic mass is 32.2. The molecule has 1 fully saturated rings. The zero-order valence-electron chi connectivity index (χ0n) is 9.85. The molecule has 1 aliphatic carbocycles. The molecular formula is C12H15NO4S. The Morgan fingerprint density at radius 1 is 1.39 bits per heavy atom. The molecule has 1 saturated carbocycles. The van der Waals surface area contributed by atoms with Crippen molar-refractivity contribution in [2.24, 2.45) is 0 Å². The molecule has 0 unspecified atom stereocenters. The van der Waals surface area contributed by atoms with Crippen LogP contribution < -0.4 is 9.46 Å². The molecule has 1 aliphatic heterocycles. The van der Waals surface area contributed by atoms with Crippen molar-refractivity contribution >= 4 is 10.0 Å². The molecule has 2 aliphatic rings. The van der Waals surface area contributed by atoms with Gasteiger partial charge in [-0.1, -0.05) is 0 Å². The Bertz CT molecular complexity index is 578. The van der Waals surface area contributed by atoms with Crippen molar-refractivity contribution in [3.05, 3.63) is 23.8 Å². The van der Waals surface area contributed by atoms with Crippen LogP contribution in [0.2, 0.25) is 0 Å². The van der Waals surface area contributed by atoms with Crippen LogP contribution in [0.5, 0.6) is 5.75 Å². The summed E-state index contributed by atoms with van der Waals surface area (Å²) >= 11 is 0. The second-order valence-corrected chi connectivity index (χ2v) is 6.59. The SMILES string of the molecule is O=S(=O)(NC1(CO)CC1)c1ccc2c(c1)CCO2. The van der Waals surface area contributed by atoms with Crippen LogP contribution in [0.3, 0.4) is 0 Å². The van der Waals surface area contributed by atoms with Gasteiger partial charge in [-0.3, -0.25) is 0 Å². The van der Waals surface area contributed by atoms with Crippen molar-refractivity contribution in [3.63, 3.8) is 0 Å². The number of hydrogen-bond acceptors (Lipinski definition) is 4. The van der Waals surface area contributed by atoms with E-state index in [4.69, 9.17) is 4.74 Å². The van der Waals surface area contributed by atoms with Crippen LogP contribution in [0.4, 0.5) is 0 Å². The highest BCUT2D eigenvalue weighted by Gasteiger charge is 2.45. The van der Waals surface area contributed by atoms with Gasteiger partial charge in [0.25, 0.3) is 0 Å². The molecule has 98 valence electrons. The van der Waals surface area contributed by atoms with Crippen molar-refractivity contribution in [1.82, 2.24) is 4.72 Å². The Balaban J connectivity index is 1.89. The third kappa shape index (κ3) is 2.00. The topological polar surface area (TPSA) is 75.6 Å². The van der Waals surface area contributed by atoms with Gasteiger partial charge >= 0.3 is 0 Å². The summed E-state index contributed by atoms with van der Waals surface area (Å²) in [5.74, 6) is 0.761. The van der Waals surface area contributed by atoms with Gasteiger partial charge in [-0.05, 0) is 36.6 Å². The number of fused-ring (bicyclic) bond motifs is 1. The van der Waals surface area contributed by atoms with E-state index in [0.29, 0.717) is 19.4 Å². The van der Waals surface area contributed by atoms with Crippen LogP contribution in [0, 0.1) is 0 Å². The lowest BCUT2D eigenvalue weighted by Crippen LogP contribution is -2.39. The molecule has 0 bridgehead atoms. The van der Waals surface area contributed by atoms with E-state index in [0.717, 1.165) is 17.7 Å². The van der Waals surface area contributed by atoms with Crippen LogP contribution in [0.1, 0.15) is 18.4 Å². The normalized spacial score (nSPS) is 20.3. The van der Waals surface area contributed by atoms with Gasteiger partial charge < -0.3 is 9.84 Å². The molecule has 1 heterocycles. The first kappa shape index (κ1) is 12.0. The number of aliphatic hydroxyl groups excluding tert-OH is 1. The largest absolute Gasteiger partial charge is 0.493 e. The summed E-state index contributed by atoms with van der Waals surface area (Å²) in [4.78, 5) is 0.242. The van der Waals surface area contributed by atoms with E-state index in [1.165, 1.54) is 0 Å². The van der Waals surface area contributed by atoms with Crippen LogP contribution in [0.15, 0.2) is 23.1 Å². The molecule has 0 saturated heterocycles. The summed E-state index contributed by atoms with van der Waals surface area (Å²) in [5, 5.41) is 9.17. The molecule has 2 N–H and O–H groups in total. The zero-order chi connectivity index (χ0) is 12.8. The first-order chi connectivity index (χ1) is 8.55. The van der Waals surface area contributed by atoms with E-state index in [-0.39, 0.29) is 11.5 Å². The summed E-state index contributed by atoms with van der Waals surface area (Å²) in [5.41, 5.74) is 0.292. The predicted molar refractivity (Wildman–Crippen MR) is 65.0 cm³/mol. The monoisotopic (exact) mass is 269 g/mol. The van der Waals surface area contributed by atoms with Gasteiger partial charge in [0.05, 0.1) is 23.6 Å². The van der Waals surface area contributed by atoms with Gasteiger partial charge in [0.2, 0.25) is 10.0 Å². The van der Waals surface area contributed by atoms with E-state index < -0.39 is 15.6 Å². The van der Waals surface area contributed by atoms with E-state index in [2.05, 4.69) is 4.72 Å². The molecule has 1 aromatic carbocycles. The third-order valence-electron chi connectivity index (χ3n) is 3.48. The average molecular weight is 269 g/mol. The first-order valence-corrected chi connectivity index (χ1v) is 7.44. The quantitative estimate of drug-likeness (QED) is 0.831. The Morgan fingerprint density at radius 3 is 2.83 bits per heavy atom. The molecule has 0 atom stereocenters. The number of aliphatic hydroxyl groups is 1.